The number of nitrogens with zero attached hydrogens (tertiary/aromatic N) is 3. The molecule has 25 heavy (non-hydrogen) atoms. The van der Waals surface area contributed by atoms with Gasteiger partial charge in [-0.3, -0.25) is 19.0 Å². The number of esters is 1. The summed E-state index contributed by atoms with van der Waals surface area (Å²) < 4.78 is 11.9. The van der Waals surface area contributed by atoms with E-state index in [1.807, 2.05) is 30.3 Å². The van der Waals surface area contributed by atoms with Gasteiger partial charge in [0.25, 0.3) is 5.56 Å². The van der Waals surface area contributed by atoms with Crippen molar-refractivity contribution in [1.82, 2.24) is 14.4 Å². The average Bonchev–Trinajstić information content (AvgIpc) is 2.63. The van der Waals surface area contributed by atoms with Crippen LogP contribution in [0.3, 0.4) is 0 Å². The van der Waals surface area contributed by atoms with E-state index in [-0.39, 0.29) is 30.4 Å². The third-order valence-electron chi connectivity index (χ3n) is 3.51. The molecule has 2 heterocycles. The Labute approximate surface area is 143 Å². The molecule has 3 aromatic rings. The molecule has 0 saturated carbocycles. The number of hydrogen-bond acceptors (Lipinski definition) is 6. The maximum atomic E-state index is 12.9. The SMILES string of the molecule is CCOC(=O)CCOc1nc2cnccn2c(=O)c1-c1ccccc1. The summed E-state index contributed by atoms with van der Waals surface area (Å²) in [6.45, 7) is 2.13. The summed E-state index contributed by atoms with van der Waals surface area (Å²) in [5, 5.41) is 0. The number of ether oxygens (including phenoxy) is 2. The summed E-state index contributed by atoms with van der Waals surface area (Å²) >= 11 is 0. The minimum absolute atomic E-state index is 0.0710. The highest BCUT2D eigenvalue weighted by atomic mass is 16.5. The smallest absolute Gasteiger partial charge is 0.309 e. The van der Waals surface area contributed by atoms with Crippen LogP contribution in [0.15, 0.2) is 53.7 Å². The van der Waals surface area contributed by atoms with Gasteiger partial charge in [0, 0.05) is 12.4 Å². The second kappa shape index (κ2) is 7.57. The van der Waals surface area contributed by atoms with Crippen LogP contribution in [-0.4, -0.2) is 33.6 Å². The molecule has 0 aliphatic heterocycles. The predicted molar refractivity (Wildman–Crippen MR) is 91.4 cm³/mol. The Bertz CT molecular complexity index is 938. The molecule has 0 unspecified atom stereocenters. The molecule has 7 nitrogen and oxygen atoms in total. The molecule has 0 aliphatic carbocycles. The van der Waals surface area contributed by atoms with Crippen molar-refractivity contribution in [3.8, 4) is 17.0 Å². The van der Waals surface area contributed by atoms with Gasteiger partial charge in [0.1, 0.15) is 12.2 Å². The monoisotopic (exact) mass is 339 g/mol. The summed E-state index contributed by atoms with van der Waals surface area (Å²) in [5.41, 5.74) is 1.15. The molecule has 0 amide bonds. The third kappa shape index (κ3) is 3.65. The fraction of sp³-hybridized carbons (Fsp3) is 0.222. The van der Waals surface area contributed by atoms with E-state index in [0.29, 0.717) is 23.4 Å². The van der Waals surface area contributed by atoms with Gasteiger partial charge in [-0.05, 0) is 12.5 Å². The van der Waals surface area contributed by atoms with Crippen LogP contribution in [0.2, 0.25) is 0 Å². The van der Waals surface area contributed by atoms with E-state index in [1.54, 1.807) is 13.1 Å². The number of benzene rings is 1. The van der Waals surface area contributed by atoms with Gasteiger partial charge in [0.15, 0.2) is 5.65 Å². The van der Waals surface area contributed by atoms with Crippen LogP contribution >= 0.6 is 0 Å². The lowest BCUT2D eigenvalue weighted by molar-refractivity contribution is -0.143. The van der Waals surface area contributed by atoms with Gasteiger partial charge < -0.3 is 9.47 Å². The zero-order valence-electron chi connectivity index (χ0n) is 13.7. The standard InChI is InChI=1S/C18H17N3O4/c1-2-24-15(22)8-11-25-17-16(13-6-4-3-5-7-13)18(23)21-10-9-19-12-14(21)20-17/h3-7,9-10,12H,2,8,11H2,1H3. The fourth-order valence-corrected chi connectivity index (χ4v) is 2.40. The summed E-state index contributed by atoms with van der Waals surface area (Å²) in [6, 6.07) is 9.15. The van der Waals surface area contributed by atoms with E-state index in [1.165, 1.54) is 16.8 Å². The molecule has 128 valence electrons. The van der Waals surface area contributed by atoms with Crippen LogP contribution in [0, 0.1) is 0 Å². The minimum atomic E-state index is -0.358. The van der Waals surface area contributed by atoms with Gasteiger partial charge in [-0.15, -0.1) is 0 Å². The van der Waals surface area contributed by atoms with Crippen LogP contribution in [-0.2, 0) is 9.53 Å². The first-order valence-electron chi connectivity index (χ1n) is 7.91. The molecule has 0 atom stereocenters. The van der Waals surface area contributed by atoms with Crippen molar-refractivity contribution in [2.24, 2.45) is 0 Å². The number of fused-ring (bicyclic) bond motifs is 1. The van der Waals surface area contributed by atoms with Gasteiger partial charge in [0.05, 0.1) is 19.2 Å². The molecule has 7 heteroatoms. The first-order valence-corrected chi connectivity index (χ1v) is 7.91. The van der Waals surface area contributed by atoms with E-state index in [4.69, 9.17) is 9.47 Å². The van der Waals surface area contributed by atoms with E-state index in [9.17, 15) is 9.59 Å². The number of carbonyl (C=O) groups is 1. The average molecular weight is 339 g/mol. The topological polar surface area (TPSA) is 82.8 Å². The largest absolute Gasteiger partial charge is 0.476 e. The Morgan fingerprint density at radius 1 is 1.24 bits per heavy atom. The lowest BCUT2D eigenvalue weighted by Crippen LogP contribution is -2.20. The van der Waals surface area contributed by atoms with E-state index in [2.05, 4.69) is 9.97 Å². The molecule has 0 spiro atoms. The Morgan fingerprint density at radius 2 is 2.04 bits per heavy atom. The molecule has 0 bridgehead atoms. The quantitative estimate of drug-likeness (QED) is 0.640. The van der Waals surface area contributed by atoms with Crippen molar-refractivity contribution in [2.45, 2.75) is 13.3 Å². The second-order valence-electron chi connectivity index (χ2n) is 5.17. The van der Waals surface area contributed by atoms with Crippen molar-refractivity contribution in [3.63, 3.8) is 0 Å². The summed E-state index contributed by atoms with van der Waals surface area (Å²) in [4.78, 5) is 32.7. The number of aromatic nitrogens is 3. The van der Waals surface area contributed by atoms with Crippen LogP contribution in [0.25, 0.3) is 16.8 Å². The van der Waals surface area contributed by atoms with E-state index in [0.717, 1.165) is 0 Å². The molecule has 2 aromatic heterocycles. The molecular formula is C18H17N3O4. The maximum absolute atomic E-state index is 12.9. The van der Waals surface area contributed by atoms with Crippen LogP contribution in [0.5, 0.6) is 5.88 Å². The normalized spacial score (nSPS) is 10.6. The molecule has 0 radical (unpaired) electrons. The number of carbonyl (C=O) groups excluding carboxylic acids is 1. The highest BCUT2D eigenvalue weighted by molar-refractivity contribution is 5.70. The van der Waals surface area contributed by atoms with Gasteiger partial charge in [-0.25, -0.2) is 0 Å². The molecule has 0 N–H and O–H groups in total. The van der Waals surface area contributed by atoms with Gasteiger partial charge >= 0.3 is 5.97 Å². The fourth-order valence-electron chi connectivity index (χ4n) is 2.40. The van der Waals surface area contributed by atoms with Gasteiger partial charge in [-0.2, -0.15) is 4.98 Å². The molecule has 0 saturated heterocycles. The van der Waals surface area contributed by atoms with Crippen LogP contribution in [0.4, 0.5) is 0 Å². The molecule has 1 aromatic carbocycles. The van der Waals surface area contributed by atoms with Crippen LogP contribution < -0.4 is 10.3 Å². The summed E-state index contributed by atoms with van der Waals surface area (Å²) in [5.74, 6) is -0.184. The van der Waals surface area contributed by atoms with E-state index >= 15 is 0 Å². The van der Waals surface area contributed by atoms with Crippen molar-refractivity contribution in [2.75, 3.05) is 13.2 Å². The Hall–Kier alpha value is -3.22. The highest BCUT2D eigenvalue weighted by Crippen LogP contribution is 2.25. The second-order valence-corrected chi connectivity index (χ2v) is 5.17. The van der Waals surface area contributed by atoms with Crippen molar-refractivity contribution in [1.29, 1.82) is 0 Å². The highest BCUT2D eigenvalue weighted by Gasteiger charge is 2.16. The van der Waals surface area contributed by atoms with Crippen molar-refractivity contribution < 1.29 is 14.3 Å². The zero-order chi connectivity index (χ0) is 17.6. The maximum Gasteiger partial charge on any atom is 0.309 e. The minimum Gasteiger partial charge on any atom is -0.476 e. The van der Waals surface area contributed by atoms with Gasteiger partial charge in [0.2, 0.25) is 5.88 Å². The predicted octanol–water partition coefficient (Wildman–Crippen LogP) is 2.09. The molecule has 0 aliphatic rings. The van der Waals surface area contributed by atoms with Gasteiger partial charge in [-0.1, -0.05) is 30.3 Å². The Kier molecular flexibility index (Phi) is 5.03. The van der Waals surface area contributed by atoms with E-state index < -0.39 is 0 Å². The zero-order valence-corrected chi connectivity index (χ0v) is 13.7. The Balaban J connectivity index is 2.00. The Morgan fingerprint density at radius 3 is 2.80 bits per heavy atom. The van der Waals surface area contributed by atoms with Crippen molar-refractivity contribution in [3.05, 3.63) is 59.3 Å². The lowest BCUT2D eigenvalue weighted by Gasteiger charge is -2.11. The van der Waals surface area contributed by atoms with Crippen LogP contribution in [0.1, 0.15) is 13.3 Å². The first-order chi connectivity index (χ1) is 12.2. The number of hydrogen-bond donors (Lipinski definition) is 0. The summed E-state index contributed by atoms with van der Waals surface area (Å²) in [6.07, 6.45) is 4.64. The molecule has 0 fully saturated rings. The third-order valence-corrected chi connectivity index (χ3v) is 3.51. The first kappa shape index (κ1) is 16.6. The molecule has 3 rings (SSSR count). The summed E-state index contributed by atoms with van der Waals surface area (Å²) in [7, 11) is 0. The number of rotatable bonds is 6. The lowest BCUT2D eigenvalue weighted by atomic mass is 10.1. The molecular weight excluding hydrogens is 322 g/mol. The van der Waals surface area contributed by atoms with Crippen molar-refractivity contribution >= 4 is 11.6 Å².